The minimum Gasteiger partial charge on any atom is -0.304 e. The number of hydrogen-bond donors (Lipinski definition) is 0. The van der Waals surface area contributed by atoms with Gasteiger partial charge in [0.05, 0.1) is 11.0 Å². The largest absolute Gasteiger partial charge is 0.304 e. The predicted octanol–water partition coefficient (Wildman–Crippen LogP) is -0.265. The molecule has 10 heavy (non-hydrogen) atoms. The molecule has 0 amide bonds. The van der Waals surface area contributed by atoms with Crippen LogP contribution in [-0.2, 0) is 9.84 Å². The Bertz CT molecular complexity index is 210. The van der Waals surface area contributed by atoms with E-state index in [4.69, 9.17) is 0 Å². The summed E-state index contributed by atoms with van der Waals surface area (Å²) in [6, 6.07) is 0. The maximum atomic E-state index is 11.1. The molecule has 1 aliphatic heterocycles. The van der Waals surface area contributed by atoms with E-state index in [0.29, 0.717) is 18.8 Å². The van der Waals surface area contributed by atoms with Crippen molar-refractivity contribution in [3.8, 4) is 0 Å². The van der Waals surface area contributed by atoms with Gasteiger partial charge in [-0.25, -0.2) is 8.42 Å². The molecule has 0 bridgehead atoms. The summed E-state index contributed by atoms with van der Waals surface area (Å²) in [7, 11) is -0.786. The third-order valence-electron chi connectivity index (χ3n) is 1.94. The second-order valence-electron chi connectivity index (χ2n) is 2.94. The van der Waals surface area contributed by atoms with Gasteiger partial charge in [-0.1, -0.05) is 0 Å². The third kappa shape index (κ3) is 1.49. The summed E-state index contributed by atoms with van der Waals surface area (Å²) in [6.07, 6.45) is 0. The first-order chi connectivity index (χ1) is 4.52. The molecule has 0 aromatic rings. The average molecular weight is 163 g/mol. The van der Waals surface area contributed by atoms with Crippen LogP contribution in [0.4, 0.5) is 0 Å². The molecule has 1 fully saturated rings. The number of rotatable bonds is 0. The van der Waals surface area contributed by atoms with Gasteiger partial charge < -0.3 is 4.90 Å². The first kappa shape index (κ1) is 8.01. The quantitative estimate of drug-likeness (QED) is 0.493. The maximum absolute atomic E-state index is 11.1. The molecule has 1 rings (SSSR count). The van der Waals surface area contributed by atoms with Gasteiger partial charge in [0.15, 0.2) is 9.84 Å². The molecule has 0 N–H and O–H groups in total. The van der Waals surface area contributed by atoms with Crippen LogP contribution >= 0.6 is 0 Å². The molecule has 0 spiro atoms. The first-order valence-electron chi connectivity index (χ1n) is 3.42. The van der Waals surface area contributed by atoms with Crippen LogP contribution in [0.15, 0.2) is 0 Å². The van der Waals surface area contributed by atoms with E-state index >= 15 is 0 Å². The predicted molar refractivity (Wildman–Crippen MR) is 40.7 cm³/mol. The highest BCUT2D eigenvalue weighted by atomic mass is 32.2. The number of nitrogens with zero attached hydrogens (tertiary/aromatic N) is 1. The first-order valence-corrected chi connectivity index (χ1v) is 5.14. The van der Waals surface area contributed by atoms with E-state index in [9.17, 15) is 8.42 Å². The van der Waals surface area contributed by atoms with E-state index in [0.717, 1.165) is 0 Å². The minimum atomic E-state index is -2.74. The monoisotopic (exact) mass is 163 g/mol. The fourth-order valence-corrected chi connectivity index (χ4v) is 2.58. The molecule has 3 nitrogen and oxygen atoms in total. The summed E-state index contributed by atoms with van der Waals surface area (Å²) < 4.78 is 22.2. The summed E-state index contributed by atoms with van der Waals surface area (Å²) in [4.78, 5) is 2.05. The van der Waals surface area contributed by atoms with E-state index in [1.54, 1.807) is 6.92 Å². The summed E-state index contributed by atoms with van der Waals surface area (Å²) in [5.41, 5.74) is 0. The zero-order chi connectivity index (χ0) is 7.78. The van der Waals surface area contributed by atoms with E-state index in [2.05, 4.69) is 0 Å². The number of hydrogen-bond acceptors (Lipinski definition) is 3. The summed E-state index contributed by atoms with van der Waals surface area (Å²) in [5.74, 6) is 0.324. The Kier molecular flexibility index (Phi) is 2.01. The molecule has 0 saturated carbocycles. The topological polar surface area (TPSA) is 37.4 Å². The van der Waals surface area contributed by atoms with Gasteiger partial charge in [0.1, 0.15) is 0 Å². The third-order valence-corrected chi connectivity index (χ3v) is 4.07. The lowest BCUT2D eigenvalue weighted by molar-refractivity contribution is 0.337. The van der Waals surface area contributed by atoms with Crippen molar-refractivity contribution >= 4 is 9.84 Å². The summed E-state index contributed by atoms with van der Waals surface area (Å²) in [5, 5.41) is -0.175. The van der Waals surface area contributed by atoms with Gasteiger partial charge in [0.2, 0.25) is 0 Å². The molecule has 60 valence electrons. The Hall–Kier alpha value is -0.0900. The van der Waals surface area contributed by atoms with Gasteiger partial charge in [-0.3, -0.25) is 0 Å². The van der Waals surface area contributed by atoms with Crippen molar-refractivity contribution in [1.82, 2.24) is 4.90 Å². The van der Waals surface area contributed by atoms with Gasteiger partial charge in [0, 0.05) is 13.1 Å². The van der Waals surface area contributed by atoms with Crippen molar-refractivity contribution in [3.63, 3.8) is 0 Å². The molecule has 1 unspecified atom stereocenters. The molecule has 1 atom stereocenters. The Labute approximate surface area is 61.9 Å². The normalized spacial score (nSPS) is 34.0. The van der Waals surface area contributed by atoms with Gasteiger partial charge in [-0.2, -0.15) is 0 Å². The minimum absolute atomic E-state index is 0.175. The summed E-state index contributed by atoms with van der Waals surface area (Å²) in [6.45, 7) is 3.14. The standard InChI is InChI=1S/C6H13NO2S/c1-6-5-7(2)3-4-10(6,8)9/h6H,3-5H2,1-2H3. The molecule has 0 aromatic carbocycles. The zero-order valence-electron chi connectivity index (χ0n) is 6.37. The Morgan fingerprint density at radius 2 is 2.10 bits per heavy atom. The maximum Gasteiger partial charge on any atom is 0.155 e. The van der Waals surface area contributed by atoms with Crippen molar-refractivity contribution in [3.05, 3.63) is 0 Å². The molecule has 0 aliphatic carbocycles. The van der Waals surface area contributed by atoms with E-state index in [1.807, 2.05) is 11.9 Å². The van der Waals surface area contributed by atoms with Gasteiger partial charge in [-0.05, 0) is 14.0 Å². The Morgan fingerprint density at radius 3 is 2.50 bits per heavy atom. The molecule has 0 aromatic heterocycles. The molecule has 0 radical (unpaired) electrons. The van der Waals surface area contributed by atoms with Gasteiger partial charge >= 0.3 is 0 Å². The highest BCUT2D eigenvalue weighted by molar-refractivity contribution is 7.92. The molecule has 1 heterocycles. The Morgan fingerprint density at radius 1 is 1.50 bits per heavy atom. The second-order valence-corrected chi connectivity index (χ2v) is 5.48. The lowest BCUT2D eigenvalue weighted by Crippen LogP contribution is -2.43. The zero-order valence-corrected chi connectivity index (χ0v) is 7.19. The Balaban J connectivity index is 2.70. The lowest BCUT2D eigenvalue weighted by atomic mass is 10.4. The van der Waals surface area contributed by atoms with Gasteiger partial charge in [0.25, 0.3) is 0 Å². The molecular formula is C6H13NO2S. The molecule has 1 saturated heterocycles. The van der Waals surface area contributed by atoms with Crippen LogP contribution < -0.4 is 0 Å². The molecular weight excluding hydrogens is 150 g/mol. The number of sulfone groups is 1. The van der Waals surface area contributed by atoms with Gasteiger partial charge in [-0.15, -0.1) is 0 Å². The van der Waals surface area contributed by atoms with E-state index < -0.39 is 9.84 Å². The molecule has 1 aliphatic rings. The van der Waals surface area contributed by atoms with Crippen LogP contribution in [0.5, 0.6) is 0 Å². The SMILES string of the molecule is CC1CN(C)CCS1(=O)=O. The lowest BCUT2D eigenvalue weighted by Gasteiger charge is -2.26. The average Bonchev–Trinajstić information content (AvgIpc) is 1.81. The van der Waals surface area contributed by atoms with Crippen molar-refractivity contribution in [2.24, 2.45) is 0 Å². The van der Waals surface area contributed by atoms with Crippen LogP contribution in [0.25, 0.3) is 0 Å². The fraction of sp³-hybridized carbons (Fsp3) is 1.00. The van der Waals surface area contributed by atoms with Crippen molar-refractivity contribution in [2.75, 3.05) is 25.9 Å². The molecule has 4 heteroatoms. The van der Waals surface area contributed by atoms with Crippen LogP contribution in [0.3, 0.4) is 0 Å². The summed E-state index contributed by atoms with van der Waals surface area (Å²) >= 11 is 0. The smallest absolute Gasteiger partial charge is 0.155 e. The highest BCUT2D eigenvalue weighted by Crippen LogP contribution is 2.09. The second kappa shape index (κ2) is 2.51. The van der Waals surface area contributed by atoms with Crippen LogP contribution in [0.1, 0.15) is 6.92 Å². The van der Waals surface area contributed by atoms with E-state index in [-0.39, 0.29) is 5.25 Å². The van der Waals surface area contributed by atoms with Crippen LogP contribution in [-0.4, -0.2) is 44.5 Å². The van der Waals surface area contributed by atoms with E-state index in [1.165, 1.54) is 0 Å². The van der Waals surface area contributed by atoms with Crippen LogP contribution in [0, 0.1) is 0 Å². The highest BCUT2D eigenvalue weighted by Gasteiger charge is 2.26. The van der Waals surface area contributed by atoms with Crippen LogP contribution in [0.2, 0.25) is 0 Å². The van der Waals surface area contributed by atoms with Crippen molar-refractivity contribution in [1.29, 1.82) is 0 Å². The fourth-order valence-electron chi connectivity index (χ4n) is 1.13. The van der Waals surface area contributed by atoms with Crippen molar-refractivity contribution < 1.29 is 8.42 Å². The van der Waals surface area contributed by atoms with Crippen molar-refractivity contribution in [2.45, 2.75) is 12.2 Å².